The third kappa shape index (κ3) is 9.23. The Bertz CT molecular complexity index is 1470. The molecule has 0 spiro atoms. The number of carbonyl (C=O) groups excluding carboxylic acids is 1. The third-order valence-electron chi connectivity index (χ3n) is 10.1. The van der Waals surface area contributed by atoms with E-state index in [9.17, 15) is 18.0 Å². The molecule has 3 heterocycles. The second kappa shape index (κ2) is 17.1. The van der Waals surface area contributed by atoms with Gasteiger partial charge in [-0.3, -0.25) is 9.89 Å². The lowest BCUT2D eigenvalue weighted by atomic mass is 9.90. The van der Waals surface area contributed by atoms with Crippen molar-refractivity contribution in [1.82, 2.24) is 14.7 Å². The van der Waals surface area contributed by atoms with Crippen LogP contribution in [-0.4, -0.2) is 95.3 Å². The number of carboxylic acids is 1. The van der Waals surface area contributed by atoms with Gasteiger partial charge in [-0.2, -0.15) is 13.2 Å². The molecule has 3 aliphatic heterocycles. The number of carbonyl (C=O) groups is 2. The van der Waals surface area contributed by atoms with Gasteiger partial charge in [-0.15, -0.1) is 0 Å². The van der Waals surface area contributed by atoms with E-state index in [2.05, 4.69) is 21.9 Å². The first-order valence-electron chi connectivity index (χ1n) is 17.9. The number of nitrogens with zero attached hydrogens (tertiary/aromatic N) is 4. The number of piperidine rings is 1. The largest absolute Gasteiger partial charge is 0.494 e. The average molecular weight is 721 g/mol. The predicted octanol–water partition coefficient (Wildman–Crippen LogP) is 8.20. The van der Waals surface area contributed by atoms with E-state index < -0.39 is 12.1 Å². The van der Waals surface area contributed by atoms with Gasteiger partial charge in [-0.25, -0.2) is 9.59 Å². The summed E-state index contributed by atoms with van der Waals surface area (Å²) in [6, 6.07) is 14.4. The topological polar surface area (TPSA) is 94.9 Å². The highest BCUT2D eigenvalue weighted by atomic mass is 35.5. The predicted molar refractivity (Wildman–Crippen MR) is 186 cm³/mol. The number of amidine groups is 1. The fourth-order valence-corrected chi connectivity index (χ4v) is 7.83. The normalized spacial score (nSPS) is 21.9. The van der Waals surface area contributed by atoms with Crippen LogP contribution in [0.5, 0.6) is 11.5 Å². The molecule has 1 saturated carbocycles. The van der Waals surface area contributed by atoms with Crippen LogP contribution in [0.4, 0.5) is 18.0 Å². The maximum Gasteiger partial charge on any atom is 0.490 e. The molecule has 2 saturated heterocycles. The van der Waals surface area contributed by atoms with Gasteiger partial charge in [0.1, 0.15) is 17.3 Å². The molecule has 2 aromatic rings. The van der Waals surface area contributed by atoms with Crippen LogP contribution >= 0.6 is 11.6 Å². The molecule has 0 radical (unpaired) electrons. The van der Waals surface area contributed by atoms with E-state index >= 15 is 0 Å². The van der Waals surface area contributed by atoms with Crippen molar-refractivity contribution in [2.45, 2.75) is 95.9 Å². The van der Waals surface area contributed by atoms with Crippen LogP contribution in [0.15, 0.2) is 47.5 Å². The van der Waals surface area contributed by atoms with Crippen molar-refractivity contribution in [1.29, 1.82) is 0 Å². The van der Waals surface area contributed by atoms with Crippen LogP contribution in [0.25, 0.3) is 0 Å². The van der Waals surface area contributed by atoms with Gasteiger partial charge in [0, 0.05) is 30.2 Å². The van der Waals surface area contributed by atoms with Gasteiger partial charge >= 0.3 is 18.2 Å². The van der Waals surface area contributed by atoms with E-state index in [0.717, 1.165) is 49.2 Å². The monoisotopic (exact) mass is 720 g/mol. The van der Waals surface area contributed by atoms with Crippen LogP contribution in [0, 0.1) is 5.92 Å². The molecule has 274 valence electrons. The van der Waals surface area contributed by atoms with Gasteiger partial charge in [-0.1, -0.05) is 49.4 Å². The van der Waals surface area contributed by atoms with Crippen LogP contribution in [0.1, 0.15) is 88.8 Å². The number of amides is 2. The molecule has 2 amide bonds. The van der Waals surface area contributed by atoms with Crippen LogP contribution in [0.2, 0.25) is 5.02 Å². The lowest BCUT2D eigenvalue weighted by Crippen LogP contribution is -2.52. The van der Waals surface area contributed by atoms with Crippen LogP contribution < -0.4 is 9.47 Å². The van der Waals surface area contributed by atoms with Gasteiger partial charge in [0.2, 0.25) is 0 Å². The summed E-state index contributed by atoms with van der Waals surface area (Å²) in [4.78, 5) is 35.8. The zero-order chi connectivity index (χ0) is 35.8. The van der Waals surface area contributed by atoms with Gasteiger partial charge in [0.15, 0.2) is 0 Å². The van der Waals surface area contributed by atoms with Crippen LogP contribution in [-0.2, 0) is 4.79 Å². The number of ether oxygens (including phenoxy) is 2. The number of carboxylic acid groups (broad SMARTS) is 1. The molecule has 3 fully saturated rings. The molecule has 2 atom stereocenters. The SMILES string of the molecule is CCOc1ccc(C2=N[C@H](CC3CCCC3)[C@H](c3ccc(Cl)cc3)N2C(=O)N2CCC(N3CCCC3)CC2)c(OCC)c1.O=C(O)C(F)(F)F. The van der Waals surface area contributed by atoms with Gasteiger partial charge < -0.3 is 24.4 Å². The van der Waals surface area contributed by atoms with E-state index in [0.29, 0.717) is 41.8 Å². The van der Waals surface area contributed by atoms with Crippen molar-refractivity contribution >= 4 is 29.4 Å². The molecule has 0 unspecified atom stereocenters. The molecule has 1 N–H and O–H groups in total. The standard InChI is InChI=1S/C35H47ClN4O3.C2HF3O2/c1-3-42-29-15-16-30(32(24-29)43-4-2)34-37-31(23-25-9-5-6-10-25)33(26-11-13-27(36)14-12-26)40(34)35(41)39-21-17-28(18-22-39)38-19-7-8-20-38;3-2(4,5)1(6)7/h11-16,24-25,28,31,33H,3-10,17-23H2,1-2H3;(H,6,7)/t31-,33+;/m1./s1. The van der Waals surface area contributed by atoms with Crippen molar-refractivity contribution < 1.29 is 37.3 Å². The van der Waals surface area contributed by atoms with Gasteiger partial charge in [-0.05, 0) is 94.8 Å². The molecule has 4 aliphatic rings. The first-order valence-corrected chi connectivity index (χ1v) is 18.2. The highest BCUT2D eigenvalue weighted by molar-refractivity contribution is 6.30. The van der Waals surface area contributed by atoms with E-state index in [1.165, 1.54) is 51.6 Å². The molecular weight excluding hydrogens is 673 g/mol. The number of rotatable bonds is 9. The number of urea groups is 1. The Labute approximate surface area is 297 Å². The number of alkyl halides is 3. The van der Waals surface area contributed by atoms with Crippen molar-refractivity contribution in [3.8, 4) is 11.5 Å². The number of halogens is 4. The number of benzene rings is 2. The van der Waals surface area contributed by atoms with Gasteiger partial charge in [0.25, 0.3) is 0 Å². The summed E-state index contributed by atoms with van der Waals surface area (Å²) in [7, 11) is 0. The Morgan fingerprint density at radius 2 is 1.52 bits per heavy atom. The molecule has 6 rings (SSSR count). The highest BCUT2D eigenvalue weighted by Crippen LogP contribution is 2.43. The molecule has 50 heavy (non-hydrogen) atoms. The Hall–Kier alpha value is -3.51. The van der Waals surface area contributed by atoms with E-state index in [1.54, 1.807) is 0 Å². The fraction of sp³-hybridized carbons (Fsp3) is 0.595. The van der Waals surface area contributed by atoms with E-state index in [-0.39, 0.29) is 18.1 Å². The maximum atomic E-state index is 14.7. The maximum absolute atomic E-state index is 14.7. The summed E-state index contributed by atoms with van der Waals surface area (Å²) in [5.41, 5.74) is 1.92. The zero-order valence-electron chi connectivity index (χ0n) is 28.8. The summed E-state index contributed by atoms with van der Waals surface area (Å²) in [6.45, 7) is 8.99. The third-order valence-corrected chi connectivity index (χ3v) is 10.3. The van der Waals surface area contributed by atoms with Gasteiger partial charge in [0.05, 0.1) is 30.9 Å². The molecule has 2 aromatic carbocycles. The number of likely N-dealkylation sites (tertiary alicyclic amines) is 2. The summed E-state index contributed by atoms with van der Waals surface area (Å²) in [6.07, 6.45) is 5.55. The summed E-state index contributed by atoms with van der Waals surface area (Å²) < 4.78 is 43.7. The Morgan fingerprint density at radius 3 is 2.10 bits per heavy atom. The number of hydrogen-bond acceptors (Lipinski definition) is 6. The Morgan fingerprint density at radius 1 is 0.900 bits per heavy atom. The second-order valence-electron chi connectivity index (χ2n) is 13.3. The van der Waals surface area contributed by atoms with Crippen molar-refractivity contribution in [3.05, 3.63) is 58.6 Å². The van der Waals surface area contributed by atoms with E-state index in [1.807, 2.05) is 49.1 Å². The quantitative estimate of drug-likeness (QED) is 0.281. The molecule has 0 bridgehead atoms. The lowest BCUT2D eigenvalue weighted by Gasteiger charge is -2.40. The van der Waals surface area contributed by atoms with Crippen molar-refractivity contribution in [3.63, 3.8) is 0 Å². The van der Waals surface area contributed by atoms with Crippen LogP contribution in [0.3, 0.4) is 0 Å². The molecule has 9 nitrogen and oxygen atoms in total. The first-order chi connectivity index (χ1) is 24.0. The zero-order valence-corrected chi connectivity index (χ0v) is 29.6. The summed E-state index contributed by atoms with van der Waals surface area (Å²) in [5, 5.41) is 7.82. The highest BCUT2D eigenvalue weighted by Gasteiger charge is 2.45. The second-order valence-corrected chi connectivity index (χ2v) is 13.8. The Kier molecular flexibility index (Phi) is 12.9. The minimum Gasteiger partial charge on any atom is -0.494 e. The summed E-state index contributed by atoms with van der Waals surface area (Å²) >= 11 is 6.35. The number of aliphatic imine (C=N–C) groups is 1. The minimum absolute atomic E-state index is 0.0357. The molecule has 0 aromatic heterocycles. The molecule has 1 aliphatic carbocycles. The van der Waals surface area contributed by atoms with E-state index in [4.69, 9.17) is 36.0 Å². The Balaban J connectivity index is 0.000000630. The smallest absolute Gasteiger partial charge is 0.490 e. The summed E-state index contributed by atoms with van der Waals surface area (Å²) in [5.74, 6) is 0.0393. The van der Waals surface area contributed by atoms with Crippen molar-refractivity contribution in [2.75, 3.05) is 39.4 Å². The average Bonchev–Trinajstić information content (AvgIpc) is 3.88. The lowest BCUT2D eigenvalue weighted by molar-refractivity contribution is -0.192. The fourth-order valence-electron chi connectivity index (χ4n) is 7.70. The molecular formula is C37H48ClF3N4O5. The number of hydrogen-bond donors (Lipinski definition) is 1. The number of aliphatic carboxylic acids is 1. The van der Waals surface area contributed by atoms with Crippen molar-refractivity contribution in [2.24, 2.45) is 10.9 Å². The minimum atomic E-state index is -5.08. The molecule has 13 heteroatoms. The first kappa shape index (κ1) is 37.7.